The van der Waals surface area contributed by atoms with E-state index in [4.69, 9.17) is 15.2 Å². The number of rotatable bonds is 7. The monoisotopic (exact) mass is 498 g/mol. The van der Waals surface area contributed by atoms with Gasteiger partial charge in [0.05, 0.1) is 28.5 Å². The van der Waals surface area contributed by atoms with Crippen molar-refractivity contribution in [1.82, 2.24) is 14.3 Å². The fourth-order valence-corrected chi connectivity index (χ4v) is 5.40. The van der Waals surface area contributed by atoms with Gasteiger partial charge in [0.25, 0.3) is 0 Å². The Labute approximate surface area is 203 Å². The first-order chi connectivity index (χ1) is 16.8. The molecule has 0 radical (unpaired) electrons. The van der Waals surface area contributed by atoms with Crippen LogP contribution in [0.15, 0.2) is 53.4 Å². The number of aromatic nitrogens is 2. The average molecular weight is 499 g/mol. The van der Waals surface area contributed by atoms with E-state index >= 15 is 0 Å². The highest BCUT2D eigenvalue weighted by Crippen LogP contribution is 2.25. The number of sulfonamides is 1. The van der Waals surface area contributed by atoms with Gasteiger partial charge in [0.2, 0.25) is 10.0 Å². The lowest BCUT2D eigenvalue weighted by molar-refractivity contribution is -0.151. The van der Waals surface area contributed by atoms with Gasteiger partial charge in [-0.2, -0.15) is 4.31 Å². The molecule has 1 saturated heterocycles. The van der Waals surface area contributed by atoms with E-state index in [2.05, 4.69) is 9.97 Å². The third kappa shape index (κ3) is 5.41. The van der Waals surface area contributed by atoms with Crippen LogP contribution in [-0.4, -0.2) is 54.3 Å². The SMILES string of the molecule is CCOC(=O)c1ccc(S(=O)(=O)N2CCC(C(=O)OCc3nc(N)c4ccccc4n3)CC2)cc1. The molecule has 0 bridgehead atoms. The Bertz CT molecular complexity index is 1340. The predicted octanol–water partition coefficient (Wildman–Crippen LogP) is 2.53. The normalized spacial score (nSPS) is 15.1. The number of nitrogens with two attached hydrogens (primary N) is 1. The first-order valence-corrected chi connectivity index (χ1v) is 12.7. The molecule has 0 unspecified atom stereocenters. The summed E-state index contributed by atoms with van der Waals surface area (Å²) >= 11 is 0. The van der Waals surface area contributed by atoms with Crippen LogP contribution in [0.2, 0.25) is 0 Å². The molecular weight excluding hydrogens is 472 g/mol. The summed E-state index contributed by atoms with van der Waals surface area (Å²) in [5.74, 6) is -0.731. The maximum absolute atomic E-state index is 13.0. The van der Waals surface area contributed by atoms with Crippen molar-refractivity contribution in [3.8, 4) is 0 Å². The van der Waals surface area contributed by atoms with Gasteiger partial charge in [0.1, 0.15) is 5.82 Å². The van der Waals surface area contributed by atoms with E-state index in [1.165, 1.54) is 28.6 Å². The summed E-state index contributed by atoms with van der Waals surface area (Å²) < 4.78 is 37.6. The number of benzene rings is 2. The van der Waals surface area contributed by atoms with E-state index in [0.29, 0.717) is 30.0 Å². The standard InChI is InChI=1S/C24H26N4O6S/c1-2-33-23(29)16-7-9-18(10-8-16)35(31,32)28-13-11-17(12-14-28)24(30)34-15-21-26-20-6-4-3-5-19(20)22(25)27-21/h3-10,17H,2,11-15H2,1H3,(H2,25,26,27). The molecule has 11 heteroatoms. The number of nitrogen functional groups attached to an aromatic ring is 1. The first-order valence-electron chi connectivity index (χ1n) is 11.2. The van der Waals surface area contributed by atoms with Crippen LogP contribution < -0.4 is 5.73 Å². The van der Waals surface area contributed by atoms with Gasteiger partial charge >= 0.3 is 11.9 Å². The lowest BCUT2D eigenvalue weighted by Crippen LogP contribution is -2.40. The number of anilines is 1. The number of carbonyl (C=O) groups excluding carboxylic acids is 2. The van der Waals surface area contributed by atoms with Crippen molar-refractivity contribution >= 4 is 38.7 Å². The Balaban J connectivity index is 1.33. The molecule has 1 aromatic heterocycles. The summed E-state index contributed by atoms with van der Waals surface area (Å²) in [5.41, 5.74) is 6.92. The van der Waals surface area contributed by atoms with Crippen molar-refractivity contribution < 1.29 is 27.5 Å². The Morgan fingerprint density at radius 1 is 1.03 bits per heavy atom. The number of nitrogens with zero attached hydrogens (tertiary/aromatic N) is 3. The number of fused-ring (bicyclic) bond motifs is 1. The quantitative estimate of drug-likeness (QED) is 0.486. The fraction of sp³-hybridized carbons (Fsp3) is 0.333. The molecule has 0 aliphatic carbocycles. The van der Waals surface area contributed by atoms with Crippen LogP contribution in [-0.2, 0) is 30.9 Å². The molecule has 0 atom stereocenters. The van der Waals surface area contributed by atoms with Crippen LogP contribution in [0.1, 0.15) is 35.9 Å². The van der Waals surface area contributed by atoms with Gasteiger partial charge in [-0.15, -0.1) is 0 Å². The summed E-state index contributed by atoms with van der Waals surface area (Å²) in [6.45, 7) is 2.18. The lowest BCUT2D eigenvalue weighted by atomic mass is 9.98. The zero-order valence-electron chi connectivity index (χ0n) is 19.2. The van der Waals surface area contributed by atoms with E-state index in [1.54, 1.807) is 13.0 Å². The molecule has 1 aliphatic heterocycles. The molecule has 35 heavy (non-hydrogen) atoms. The molecule has 2 aromatic carbocycles. The summed E-state index contributed by atoms with van der Waals surface area (Å²) in [6.07, 6.45) is 0.666. The second-order valence-electron chi connectivity index (χ2n) is 8.07. The minimum absolute atomic E-state index is 0.0811. The third-order valence-corrected chi connectivity index (χ3v) is 7.73. The van der Waals surface area contributed by atoms with Crippen LogP contribution in [0, 0.1) is 5.92 Å². The number of esters is 2. The minimum atomic E-state index is -3.75. The van der Waals surface area contributed by atoms with Crippen LogP contribution in [0.4, 0.5) is 5.82 Å². The first kappa shape index (κ1) is 24.6. The minimum Gasteiger partial charge on any atom is -0.462 e. The number of piperidine rings is 1. The van der Waals surface area contributed by atoms with Crippen molar-refractivity contribution in [2.24, 2.45) is 5.92 Å². The van der Waals surface area contributed by atoms with Crippen molar-refractivity contribution in [3.63, 3.8) is 0 Å². The highest BCUT2D eigenvalue weighted by atomic mass is 32.2. The molecule has 2 N–H and O–H groups in total. The number of para-hydroxylation sites is 1. The van der Waals surface area contributed by atoms with Crippen LogP contribution in [0.25, 0.3) is 10.9 Å². The van der Waals surface area contributed by atoms with Gasteiger partial charge in [0, 0.05) is 18.5 Å². The maximum Gasteiger partial charge on any atom is 0.338 e. The van der Waals surface area contributed by atoms with Crippen LogP contribution >= 0.6 is 0 Å². The smallest absolute Gasteiger partial charge is 0.338 e. The molecule has 1 fully saturated rings. The van der Waals surface area contributed by atoms with Crippen molar-refractivity contribution in [1.29, 1.82) is 0 Å². The molecule has 4 rings (SSSR count). The zero-order chi connectivity index (χ0) is 25.0. The van der Waals surface area contributed by atoms with Crippen molar-refractivity contribution in [2.45, 2.75) is 31.3 Å². The highest BCUT2D eigenvalue weighted by Gasteiger charge is 2.33. The van der Waals surface area contributed by atoms with E-state index in [0.717, 1.165) is 5.39 Å². The number of ether oxygens (including phenoxy) is 2. The molecule has 2 heterocycles. The Morgan fingerprint density at radius 3 is 2.40 bits per heavy atom. The molecule has 0 spiro atoms. The third-order valence-electron chi connectivity index (χ3n) is 5.81. The molecule has 10 nitrogen and oxygen atoms in total. The van der Waals surface area contributed by atoms with Crippen molar-refractivity contribution in [3.05, 3.63) is 59.9 Å². The van der Waals surface area contributed by atoms with Gasteiger partial charge in [0.15, 0.2) is 12.4 Å². The predicted molar refractivity (Wildman–Crippen MR) is 128 cm³/mol. The number of carbonyl (C=O) groups is 2. The summed E-state index contributed by atoms with van der Waals surface area (Å²) in [4.78, 5) is 33.0. The number of hydrogen-bond donors (Lipinski definition) is 1. The Kier molecular flexibility index (Phi) is 7.27. The summed E-state index contributed by atoms with van der Waals surface area (Å²) in [5, 5.41) is 0.728. The topological polar surface area (TPSA) is 142 Å². The van der Waals surface area contributed by atoms with Gasteiger partial charge in [-0.05, 0) is 56.2 Å². The molecule has 3 aromatic rings. The van der Waals surface area contributed by atoms with E-state index < -0.39 is 27.9 Å². The van der Waals surface area contributed by atoms with E-state index in [1.807, 2.05) is 18.2 Å². The average Bonchev–Trinajstić information content (AvgIpc) is 2.87. The molecule has 0 saturated carbocycles. The van der Waals surface area contributed by atoms with E-state index in [9.17, 15) is 18.0 Å². The molecular formula is C24H26N4O6S. The van der Waals surface area contributed by atoms with Gasteiger partial charge in [-0.25, -0.2) is 23.2 Å². The van der Waals surface area contributed by atoms with Gasteiger partial charge in [-0.1, -0.05) is 12.1 Å². The lowest BCUT2D eigenvalue weighted by Gasteiger charge is -2.30. The molecule has 184 valence electrons. The maximum atomic E-state index is 13.0. The van der Waals surface area contributed by atoms with E-state index in [-0.39, 0.29) is 36.8 Å². The zero-order valence-corrected chi connectivity index (χ0v) is 20.0. The van der Waals surface area contributed by atoms with Crippen LogP contribution in [0.5, 0.6) is 0 Å². The fourth-order valence-electron chi connectivity index (χ4n) is 3.93. The second-order valence-corrected chi connectivity index (χ2v) is 10.0. The summed E-state index contributed by atoms with van der Waals surface area (Å²) in [7, 11) is -3.75. The highest BCUT2D eigenvalue weighted by molar-refractivity contribution is 7.89. The number of hydrogen-bond acceptors (Lipinski definition) is 9. The van der Waals surface area contributed by atoms with Crippen LogP contribution in [0.3, 0.4) is 0 Å². The Morgan fingerprint density at radius 2 is 1.71 bits per heavy atom. The molecule has 1 aliphatic rings. The van der Waals surface area contributed by atoms with Crippen molar-refractivity contribution in [2.75, 3.05) is 25.4 Å². The largest absolute Gasteiger partial charge is 0.462 e. The molecule has 0 amide bonds. The summed E-state index contributed by atoms with van der Waals surface area (Å²) in [6, 6.07) is 12.9. The van der Waals surface area contributed by atoms with Gasteiger partial charge in [-0.3, -0.25) is 4.79 Å². The second kappa shape index (κ2) is 10.4. The Hall–Kier alpha value is -3.57. The van der Waals surface area contributed by atoms with Gasteiger partial charge < -0.3 is 15.2 Å².